The Labute approximate surface area is 179 Å². The van der Waals surface area contributed by atoms with Crippen molar-refractivity contribution in [3.05, 3.63) is 29.6 Å². The van der Waals surface area contributed by atoms with E-state index in [0.29, 0.717) is 24.3 Å². The van der Waals surface area contributed by atoms with E-state index in [1.807, 2.05) is 20.8 Å². The Morgan fingerprint density at radius 1 is 1.26 bits per heavy atom. The first kappa shape index (κ1) is 21.2. The third-order valence-electron chi connectivity index (χ3n) is 6.58. The van der Waals surface area contributed by atoms with E-state index in [-0.39, 0.29) is 24.3 Å². The van der Waals surface area contributed by atoms with Gasteiger partial charge in [0.25, 0.3) is 0 Å². The highest BCUT2D eigenvalue weighted by molar-refractivity contribution is 5.90. The van der Waals surface area contributed by atoms with Gasteiger partial charge in [0.05, 0.1) is 18.3 Å². The molecule has 2 heterocycles. The molecule has 5 atom stereocenters. The molecule has 0 aromatic heterocycles. The van der Waals surface area contributed by atoms with Crippen molar-refractivity contribution in [3.63, 3.8) is 0 Å². The van der Waals surface area contributed by atoms with Crippen molar-refractivity contribution >= 4 is 23.9 Å². The molecule has 31 heavy (non-hydrogen) atoms. The fraction of sp³-hybridized carbons (Fsp3) is 0.571. The third kappa shape index (κ3) is 3.86. The molecule has 0 spiro atoms. The number of cyclic esters (lactones) is 1. The number of benzene rings is 1. The summed E-state index contributed by atoms with van der Waals surface area (Å²) in [7, 11) is 0. The van der Waals surface area contributed by atoms with Gasteiger partial charge in [0.1, 0.15) is 11.9 Å². The van der Waals surface area contributed by atoms with Gasteiger partial charge >= 0.3 is 18.2 Å². The van der Waals surface area contributed by atoms with E-state index in [9.17, 15) is 18.8 Å². The quantitative estimate of drug-likeness (QED) is 0.672. The van der Waals surface area contributed by atoms with Crippen LogP contribution in [-0.4, -0.2) is 60.0 Å². The number of halogens is 1. The van der Waals surface area contributed by atoms with Crippen LogP contribution in [0.3, 0.4) is 0 Å². The number of piperidine rings is 1. The van der Waals surface area contributed by atoms with Gasteiger partial charge in [0, 0.05) is 13.1 Å². The van der Waals surface area contributed by atoms with Gasteiger partial charge in [-0.1, -0.05) is 26.8 Å². The summed E-state index contributed by atoms with van der Waals surface area (Å²) in [5.74, 6) is 0.0648. The molecule has 2 aliphatic heterocycles. The number of hydrogen-bond donors (Lipinski definition) is 3. The van der Waals surface area contributed by atoms with Crippen molar-refractivity contribution in [2.75, 3.05) is 24.5 Å². The van der Waals surface area contributed by atoms with Crippen LogP contribution in [0.25, 0.3) is 0 Å². The molecular weight excluding hydrogens is 407 g/mol. The number of fused-ring (bicyclic) bond motifs is 1. The van der Waals surface area contributed by atoms with Gasteiger partial charge < -0.3 is 25.8 Å². The summed E-state index contributed by atoms with van der Waals surface area (Å²) in [6, 6.07) is 3.60. The summed E-state index contributed by atoms with van der Waals surface area (Å²) in [5.41, 5.74) is 5.76. The van der Waals surface area contributed by atoms with Crippen LogP contribution in [-0.2, 0) is 4.74 Å². The van der Waals surface area contributed by atoms with Crippen LogP contribution < -0.4 is 16.0 Å². The first-order valence-electron chi connectivity index (χ1n) is 10.3. The number of urea groups is 1. The summed E-state index contributed by atoms with van der Waals surface area (Å²) < 4.78 is 20.4. The topological polar surface area (TPSA) is 125 Å². The number of carbonyl (C=O) groups is 3. The van der Waals surface area contributed by atoms with E-state index in [0.717, 1.165) is 0 Å². The number of anilines is 1. The summed E-state index contributed by atoms with van der Waals surface area (Å²) >= 11 is 0. The minimum atomic E-state index is -1.20. The van der Waals surface area contributed by atoms with E-state index >= 15 is 0 Å². The molecule has 3 aliphatic rings. The zero-order chi connectivity index (χ0) is 22.7. The summed E-state index contributed by atoms with van der Waals surface area (Å²) in [6.07, 6.45) is -2.54. The lowest BCUT2D eigenvalue weighted by molar-refractivity contribution is 0.0754. The van der Waals surface area contributed by atoms with Gasteiger partial charge in [-0.05, 0) is 40.9 Å². The van der Waals surface area contributed by atoms with Crippen molar-refractivity contribution in [3.8, 4) is 0 Å². The molecule has 3 fully saturated rings. The Morgan fingerprint density at radius 2 is 1.90 bits per heavy atom. The number of carboxylic acid groups (broad SMARTS) is 1. The van der Waals surface area contributed by atoms with Crippen LogP contribution in [0.5, 0.6) is 0 Å². The Hall–Kier alpha value is -3.04. The monoisotopic (exact) mass is 434 g/mol. The first-order valence-corrected chi connectivity index (χ1v) is 10.3. The van der Waals surface area contributed by atoms with Crippen LogP contribution >= 0.6 is 0 Å². The van der Waals surface area contributed by atoms with Gasteiger partial charge in [-0.2, -0.15) is 0 Å². The average molecular weight is 434 g/mol. The second kappa shape index (κ2) is 7.28. The number of carbonyl (C=O) groups excluding carboxylic acids is 2. The van der Waals surface area contributed by atoms with Crippen LogP contribution in [0.4, 0.5) is 24.5 Å². The highest BCUT2D eigenvalue weighted by atomic mass is 19.1. The van der Waals surface area contributed by atoms with E-state index in [2.05, 4.69) is 5.32 Å². The van der Waals surface area contributed by atoms with Crippen molar-refractivity contribution in [1.29, 1.82) is 0 Å². The van der Waals surface area contributed by atoms with E-state index in [4.69, 9.17) is 15.6 Å². The molecule has 1 saturated carbocycles. The second-order valence-electron chi connectivity index (χ2n) is 9.63. The lowest BCUT2D eigenvalue weighted by Gasteiger charge is -2.33. The summed E-state index contributed by atoms with van der Waals surface area (Å²) in [4.78, 5) is 37.8. The maximum Gasteiger partial charge on any atom is 0.414 e. The van der Waals surface area contributed by atoms with Crippen molar-refractivity contribution in [2.24, 2.45) is 23.0 Å². The van der Waals surface area contributed by atoms with Crippen molar-refractivity contribution < 1.29 is 28.6 Å². The van der Waals surface area contributed by atoms with Gasteiger partial charge in [-0.3, -0.25) is 4.90 Å². The predicted molar refractivity (Wildman–Crippen MR) is 109 cm³/mol. The Balaban J connectivity index is 1.47. The van der Waals surface area contributed by atoms with Gasteiger partial charge in [-0.15, -0.1) is 0 Å². The molecule has 1 aromatic carbocycles. The number of likely N-dealkylation sites (tertiary alicyclic amines) is 1. The largest absolute Gasteiger partial charge is 0.465 e. The minimum absolute atomic E-state index is 0.0490. The van der Waals surface area contributed by atoms with E-state index < -0.39 is 41.6 Å². The smallest absolute Gasteiger partial charge is 0.414 e. The third-order valence-corrected chi connectivity index (χ3v) is 6.58. The zero-order valence-corrected chi connectivity index (χ0v) is 17.7. The van der Waals surface area contributed by atoms with E-state index in [1.54, 1.807) is 17.0 Å². The Kier molecular flexibility index (Phi) is 4.98. The number of nitrogens with one attached hydrogen (secondary N) is 1. The molecule has 1 aromatic rings. The average Bonchev–Trinajstić information content (AvgIpc) is 3.00. The van der Waals surface area contributed by atoms with E-state index in [1.165, 1.54) is 11.0 Å². The second-order valence-corrected chi connectivity index (χ2v) is 9.63. The zero-order valence-electron chi connectivity index (χ0n) is 17.7. The van der Waals surface area contributed by atoms with Gasteiger partial charge in [0.2, 0.25) is 0 Å². The lowest BCUT2D eigenvalue weighted by Crippen LogP contribution is -2.52. The maximum absolute atomic E-state index is 14.9. The Morgan fingerprint density at radius 3 is 2.42 bits per heavy atom. The fourth-order valence-electron chi connectivity index (χ4n) is 4.99. The molecule has 9 nitrogen and oxygen atoms in total. The van der Waals surface area contributed by atoms with Crippen LogP contribution in [0.2, 0.25) is 0 Å². The number of primary amides is 1. The number of amides is 4. The highest BCUT2D eigenvalue weighted by Crippen LogP contribution is 2.58. The predicted octanol–water partition coefficient (Wildman–Crippen LogP) is 2.56. The maximum atomic E-state index is 14.9. The van der Waals surface area contributed by atoms with Gasteiger partial charge in [-0.25, -0.2) is 18.8 Å². The normalized spacial score (nSPS) is 28.2. The number of rotatable bonds is 4. The molecule has 4 amide bonds. The molecule has 2 unspecified atom stereocenters. The van der Waals surface area contributed by atoms with Crippen molar-refractivity contribution in [1.82, 2.24) is 10.2 Å². The molecule has 4 N–H and O–H groups in total. The lowest BCUT2D eigenvalue weighted by atomic mass is 9.83. The molecular formula is C21H27FN4O5. The minimum Gasteiger partial charge on any atom is -0.465 e. The standard InChI is InChI=1S/C21H27FN4O5/c1-21(2,3)17(24-19(28)29)15-9-26(20(30)31-15)10-4-5-11(14(22)6-10)16-12-7-25(18(23)27)8-13(12)16/h4-6,12-13,15-17,24H,7-9H2,1-3H3,(H2,23,27)(H,28,29)/t12-,13+,15-,16?,17?/m0/s1. The fourth-order valence-corrected chi connectivity index (χ4v) is 4.99. The SMILES string of the molecule is CC(C)(C)C(NC(=O)O)[C@@H]1CN(c2ccc(C3[C@H]4CN(C(N)=O)C[C@@H]34)c(F)c2)C(=O)O1. The van der Waals surface area contributed by atoms with Crippen LogP contribution in [0.1, 0.15) is 32.3 Å². The number of hydrogen-bond acceptors (Lipinski definition) is 4. The number of nitrogens with two attached hydrogens (primary N) is 1. The highest BCUT2D eigenvalue weighted by Gasteiger charge is 2.57. The van der Waals surface area contributed by atoms with Crippen LogP contribution in [0.15, 0.2) is 18.2 Å². The number of ether oxygens (including phenoxy) is 1. The molecule has 168 valence electrons. The van der Waals surface area contributed by atoms with Crippen LogP contribution in [0, 0.1) is 23.1 Å². The molecule has 10 heteroatoms. The molecule has 2 saturated heterocycles. The first-order chi connectivity index (χ1) is 14.5. The van der Waals surface area contributed by atoms with Gasteiger partial charge in [0.15, 0.2) is 0 Å². The molecule has 0 bridgehead atoms. The summed E-state index contributed by atoms with van der Waals surface area (Å²) in [6.45, 7) is 6.74. The molecule has 4 rings (SSSR count). The summed E-state index contributed by atoms with van der Waals surface area (Å²) in [5, 5.41) is 11.6. The molecule has 1 aliphatic carbocycles. The van der Waals surface area contributed by atoms with Crippen molar-refractivity contribution in [2.45, 2.75) is 38.8 Å². The Bertz CT molecular complexity index is 921. The molecule has 0 radical (unpaired) electrons. The number of nitrogens with zero attached hydrogens (tertiary/aromatic N) is 2.